The number of carbonyl (C=O) groups excluding carboxylic acids is 1. The van der Waals surface area contributed by atoms with Crippen LogP contribution in [0.4, 0.5) is 11.4 Å². The zero-order valence-electron chi connectivity index (χ0n) is 14.9. The number of nitrogens with zero attached hydrogens (tertiary/aromatic N) is 3. The number of benzene rings is 1. The number of rotatable bonds is 4. The first-order valence-corrected chi connectivity index (χ1v) is 9.03. The van der Waals surface area contributed by atoms with Gasteiger partial charge in [-0.3, -0.25) is 14.9 Å². The minimum Gasteiger partial charge on any atom is -0.545 e. The molecule has 1 aromatic carbocycles. The first-order chi connectivity index (χ1) is 12.9. The molecule has 0 bridgehead atoms. The zero-order chi connectivity index (χ0) is 19.3. The summed E-state index contributed by atoms with van der Waals surface area (Å²) in [5.74, 6) is -1.57. The number of hydrogen-bond acceptors (Lipinski definition) is 6. The molecule has 1 saturated carbocycles. The average Bonchev–Trinajstić information content (AvgIpc) is 3.45. The van der Waals surface area contributed by atoms with Crippen LogP contribution in [0.2, 0.25) is 0 Å². The zero-order valence-corrected chi connectivity index (χ0v) is 14.9. The molecule has 2 fully saturated rings. The van der Waals surface area contributed by atoms with Gasteiger partial charge in [0, 0.05) is 18.3 Å². The molecule has 1 saturated heterocycles. The van der Waals surface area contributed by atoms with E-state index in [0.29, 0.717) is 30.3 Å². The highest BCUT2D eigenvalue weighted by molar-refractivity contribution is 5.94. The van der Waals surface area contributed by atoms with E-state index in [4.69, 9.17) is 0 Å². The number of nitro benzene ring substituents is 1. The number of nitro groups is 1. The molecule has 9 heteroatoms. The molecule has 2 N–H and O–H groups in total. The number of quaternary nitrogens is 1. The van der Waals surface area contributed by atoms with Crippen LogP contribution in [0, 0.1) is 10.1 Å². The van der Waals surface area contributed by atoms with Crippen molar-refractivity contribution in [1.82, 2.24) is 4.57 Å². The fourth-order valence-corrected chi connectivity index (χ4v) is 3.82. The van der Waals surface area contributed by atoms with Gasteiger partial charge in [0.05, 0.1) is 47.0 Å². The molecule has 1 atom stereocenters. The Balaban J connectivity index is 1.99. The Morgan fingerprint density at radius 3 is 2.67 bits per heavy atom. The molecule has 2 aliphatic rings. The van der Waals surface area contributed by atoms with Crippen molar-refractivity contribution < 1.29 is 20.1 Å². The van der Waals surface area contributed by atoms with Crippen LogP contribution < -0.4 is 20.8 Å². The van der Waals surface area contributed by atoms with E-state index in [9.17, 15) is 24.8 Å². The molecule has 1 aromatic heterocycles. The lowest BCUT2D eigenvalue weighted by Gasteiger charge is -2.31. The first-order valence-electron chi connectivity index (χ1n) is 9.03. The molecule has 2 heterocycles. The van der Waals surface area contributed by atoms with Crippen LogP contribution in [0.25, 0.3) is 10.9 Å². The van der Waals surface area contributed by atoms with Crippen LogP contribution in [-0.2, 0) is 0 Å². The van der Waals surface area contributed by atoms with Crippen LogP contribution in [-0.4, -0.2) is 41.1 Å². The molecular formula is C18H20N4O5. The summed E-state index contributed by atoms with van der Waals surface area (Å²) in [5.41, 5.74) is -0.362. The summed E-state index contributed by atoms with van der Waals surface area (Å²) in [6.07, 6.45) is 3.08. The Morgan fingerprint density at radius 1 is 1.33 bits per heavy atom. The van der Waals surface area contributed by atoms with Gasteiger partial charge >= 0.3 is 0 Å². The van der Waals surface area contributed by atoms with Gasteiger partial charge in [-0.05, 0) is 25.8 Å². The van der Waals surface area contributed by atoms with Gasteiger partial charge < -0.3 is 24.7 Å². The number of anilines is 1. The predicted molar refractivity (Wildman–Crippen MR) is 95.9 cm³/mol. The van der Waals surface area contributed by atoms with E-state index in [-0.39, 0.29) is 17.1 Å². The van der Waals surface area contributed by atoms with Crippen molar-refractivity contribution in [2.24, 2.45) is 0 Å². The third-order valence-corrected chi connectivity index (χ3v) is 5.30. The Kier molecular flexibility index (Phi) is 4.11. The van der Waals surface area contributed by atoms with Crippen LogP contribution in [0.15, 0.2) is 23.1 Å². The van der Waals surface area contributed by atoms with E-state index in [0.717, 1.165) is 19.4 Å². The molecule has 1 aliphatic carbocycles. The summed E-state index contributed by atoms with van der Waals surface area (Å²) in [5, 5.41) is 25.3. The fourth-order valence-electron chi connectivity index (χ4n) is 3.82. The van der Waals surface area contributed by atoms with Crippen LogP contribution in [0.5, 0.6) is 0 Å². The highest BCUT2D eigenvalue weighted by atomic mass is 16.6. The van der Waals surface area contributed by atoms with Gasteiger partial charge in [0.2, 0.25) is 0 Å². The largest absolute Gasteiger partial charge is 0.545 e. The predicted octanol–water partition coefficient (Wildman–Crippen LogP) is -0.620. The summed E-state index contributed by atoms with van der Waals surface area (Å²) in [6, 6.07) is 3.31. The number of piperazine rings is 1. The number of carboxylic acid groups (broad SMARTS) is 1. The molecule has 0 spiro atoms. The maximum atomic E-state index is 12.6. The number of pyridine rings is 1. The molecule has 9 nitrogen and oxygen atoms in total. The number of carboxylic acids is 1. The van der Waals surface area contributed by atoms with Crippen molar-refractivity contribution in [1.29, 1.82) is 0 Å². The average molecular weight is 372 g/mol. The van der Waals surface area contributed by atoms with Crippen molar-refractivity contribution in [2.45, 2.75) is 31.8 Å². The van der Waals surface area contributed by atoms with E-state index in [1.807, 2.05) is 4.90 Å². The normalized spacial score (nSPS) is 20.0. The van der Waals surface area contributed by atoms with E-state index in [2.05, 4.69) is 12.2 Å². The van der Waals surface area contributed by atoms with Crippen molar-refractivity contribution >= 4 is 28.2 Å². The van der Waals surface area contributed by atoms with Crippen LogP contribution in [0.1, 0.15) is 36.2 Å². The van der Waals surface area contributed by atoms with Crippen molar-refractivity contribution in [3.05, 3.63) is 44.2 Å². The quantitative estimate of drug-likeness (QED) is 0.563. The molecule has 27 heavy (non-hydrogen) atoms. The Morgan fingerprint density at radius 2 is 2.07 bits per heavy atom. The number of nitrogens with two attached hydrogens (primary N) is 1. The molecule has 142 valence electrons. The summed E-state index contributed by atoms with van der Waals surface area (Å²) >= 11 is 0. The van der Waals surface area contributed by atoms with Gasteiger partial charge in [0.25, 0.3) is 5.69 Å². The summed E-state index contributed by atoms with van der Waals surface area (Å²) < 4.78 is 1.76. The number of fused-ring (bicyclic) bond motifs is 1. The van der Waals surface area contributed by atoms with Gasteiger partial charge in [-0.25, -0.2) is 0 Å². The van der Waals surface area contributed by atoms with E-state index in [1.54, 1.807) is 10.6 Å². The lowest BCUT2D eigenvalue weighted by Crippen LogP contribution is -2.94. The molecule has 0 amide bonds. The van der Waals surface area contributed by atoms with E-state index >= 15 is 0 Å². The van der Waals surface area contributed by atoms with Crippen LogP contribution in [0.3, 0.4) is 0 Å². The second kappa shape index (κ2) is 6.34. The third-order valence-electron chi connectivity index (χ3n) is 5.30. The monoisotopic (exact) mass is 372 g/mol. The Hall–Kier alpha value is -2.94. The molecule has 4 rings (SSSR count). The second-order valence-corrected chi connectivity index (χ2v) is 7.36. The second-order valence-electron chi connectivity index (χ2n) is 7.36. The van der Waals surface area contributed by atoms with Gasteiger partial charge in [0.15, 0.2) is 5.43 Å². The molecule has 1 aliphatic heterocycles. The van der Waals surface area contributed by atoms with Crippen LogP contribution >= 0.6 is 0 Å². The summed E-state index contributed by atoms with van der Waals surface area (Å²) in [7, 11) is 0. The minimum absolute atomic E-state index is 0.0515. The molecule has 2 aromatic rings. The van der Waals surface area contributed by atoms with Gasteiger partial charge in [-0.15, -0.1) is 0 Å². The van der Waals surface area contributed by atoms with Gasteiger partial charge in [0.1, 0.15) is 11.7 Å². The topological polar surface area (TPSA) is 125 Å². The molecule has 0 unspecified atom stereocenters. The number of carbonyl (C=O) groups is 1. The van der Waals surface area contributed by atoms with Crippen molar-refractivity contribution in [2.75, 3.05) is 24.5 Å². The third kappa shape index (κ3) is 3.03. The summed E-state index contributed by atoms with van der Waals surface area (Å²) in [6.45, 7) is 4.22. The number of hydrogen-bond donors (Lipinski definition) is 1. The maximum Gasteiger partial charge on any atom is 0.293 e. The minimum atomic E-state index is -1.57. The number of aromatic nitrogens is 1. The maximum absolute atomic E-state index is 12.6. The lowest BCUT2D eigenvalue weighted by molar-refractivity contribution is -0.687. The first kappa shape index (κ1) is 17.5. The fraction of sp³-hybridized carbons (Fsp3) is 0.444. The van der Waals surface area contributed by atoms with Gasteiger partial charge in [-0.1, -0.05) is 0 Å². The smallest absolute Gasteiger partial charge is 0.293 e. The highest BCUT2D eigenvalue weighted by Crippen LogP contribution is 2.39. The Labute approximate surface area is 154 Å². The summed E-state index contributed by atoms with van der Waals surface area (Å²) in [4.78, 5) is 37.1. The van der Waals surface area contributed by atoms with Crippen molar-refractivity contribution in [3.63, 3.8) is 0 Å². The number of aromatic carboxylic acids is 1. The highest BCUT2D eigenvalue weighted by Gasteiger charge is 2.30. The Bertz CT molecular complexity index is 1010. The van der Waals surface area contributed by atoms with E-state index < -0.39 is 21.9 Å². The van der Waals surface area contributed by atoms with E-state index in [1.165, 1.54) is 12.3 Å². The standard InChI is InChI=1S/C18H20N4O5/c1-10-8-20(5-4-19-10)15-7-14-12(6-16(15)22(26)27)17(23)13(18(24)25)9-21(14)11-2-3-11/h6-7,9-11,19H,2-5,8H2,1H3,(H,24,25)/t10-/m1/s1. The van der Waals surface area contributed by atoms with Crippen molar-refractivity contribution in [3.8, 4) is 0 Å². The lowest BCUT2D eigenvalue weighted by atomic mass is 10.1. The SMILES string of the molecule is C[C@@H]1CN(c2cc3c(cc2[N+](=O)[O-])c(=O)c(C(=O)[O-])cn3C2CC2)CC[NH2+]1. The van der Waals surface area contributed by atoms with Gasteiger partial charge in [-0.2, -0.15) is 0 Å². The molecular weight excluding hydrogens is 352 g/mol. The molecule has 0 radical (unpaired) electrons.